The number of hydrogen-bond acceptors (Lipinski definition) is 3. The van der Waals surface area contributed by atoms with Gasteiger partial charge in [0.15, 0.2) is 5.69 Å². The van der Waals surface area contributed by atoms with Gasteiger partial charge in [-0.1, -0.05) is 6.07 Å². The number of imidazole rings is 1. The Bertz CT molecular complexity index is 563. The molecule has 4 heteroatoms. The van der Waals surface area contributed by atoms with Crippen LogP contribution in [0.4, 0.5) is 0 Å². The molecule has 0 aromatic carbocycles. The molecule has 0 aliphatic heterocycles. The lowest BCUT2D eigenvalue weighted by Crippen LogP contribution is -2.01. The number of nitriles is 1. The van der Waals surface area contributed by atoms with E-state index in [0.717, 1.165) is 5.52 Å². The topological polar surface area (TPSA) is 58.2 Å². The maximum atomic E-state index is 11.0. The number of Topliss-reactive ketones (excluding diaryl/α,β-unsaturated/α-hetero) is 1. The van der Waals surface area contributed by atoms with Gasteiger partial charge in [-0.2, -0.15) is 5.26 Å². The summed E-state index contributed by atoms with van der Waals surface area (Å²) < 4.78 is 1.78. The highest BCUT2D eigenvalue weighted by Crippen LogP contribution is 2.12. The summed E-state index contributed by atoms with van der Waals surface area (Å²) in [6.45, 7) is 1.51. The second-order valence-corrected chi connectivity index (χ2v) is 3.32. The summed E-state index contributed by atoms with van der Waals surface area (Å²) in [6, 6.07) is 7.52. The molecule has 0 bridgehead atoms. The van der Waals surface area contributed by atoms with Crippen molar-refractivity contribution in [2.75, 3.05) is 0 Å². The Morgan fingerprint density at radius 1 is 1.60 bits per heavy atom. The average molecular weight is 199 g/mol. The molecular formula is C11H9N3O. The van der Waals surface area contributed by atoms with Gasteiger partial charge in [0.25, 0.3) is 0 Å². The van der Waals surface area contributed by atoms with Crippen molar-refractivity contribution >= 4 is 11.3 Å². The van der Waals surface area contributed by atoms with Crippen molar-refractivity contribution < 1.29 is 4.79 Å². The molecule has 74 valence electrons. The van der Waals surface area contributed by atoms with Gasteiger partial charge in [0.2, 0.25) is 0 Å². The first-order valence-electron chi connectivity index (χ1n) is 4.58. The standard InChI is InChI=1S/C11H9N3O/c1-8(15)6-11-13-9(7-12)10-4-2-3-5-14(10)11/h2-5H,6H2,1H3. The molecule has 0 atom stereocenters. The highest BCUT2D eigenvalue weighted by Gasteiger charge is 2.10. The summed E-state index contributed by atoms with van der Waals surface area (Å²) in [7, 11) is 0. The first-order valence-corrected chi connectivity index (χ1v) is 4.58. The molecule has 0 amide bonds. The van der Waals surface area contributed by atoms with Crippen molar-refractivity contribution in [3.8, 4) is 6.07 Å². The van der Waals surface area contributed by atoms with Gasteiger partial charge in [-0.25, -0.2) is 4.98 Å². The van der Waals surface area contributed by atoms with Crippen LogP contribution in [0.2, 0.25) is 0 Å². The van der Waals surface area contributed by atoms with Crippen molar-refractivity contribution in [2.24, 2.45) is 0 Å². The van der Waals surface area contributed by atoms with Crippen molar-refractivity contribution in [3.63, 3.8) is 0 Å². The zero-order valence-corrected chi connectivity index (χ0v) is 8.27. The number of carbonyl (C=O) groups excluding carboxylic acids is 1. The molecule has 0 unspecified atom stereocenters. The quantitative estimate of drug-likeness (QED) is 0.733. The molecule has 15 heavy (non-hydrogen) atoms. The van der Waals surface area contributed by atoms with Crippen molar-refractivity contribution in [1.82, 2.24) is 9.38 Å². The molecule has 0 N–H and O–H groups in total. The molecule has 0 aliphatic rings. The molecule has 0 saturated carbocycles. The minimum atomic E-state index is 0.0373. The Morgan fingerprint density at radius 3 is 3.07 bits per heavy atom. The molecule has 0 aliphatic carbocycles. The van der Waals surface area contributed by atoms with E-state index in [1.54, 1.807) is 10.6 Å². The number of nitrogens with zero attached hydrogens (tertiary/aromatic N) is 3. The molecule has 2 aromatic heterocycles. The third-order valence-electron chi connectivity index (χ3n) is 2.13. The zero-order valence-electron chi connectivity index (χ0n) is 8.27. The van der Waals surface area contributed by atoms with Crippen LogP contribution in [0.3, 0.4) is 0 Å². The lowest BCUT2D eigenvalue weighted by Gasteiger charge is -1.96. The normalized spacial score (nSPS) is 10.1. The van der Waals surface area contributed by atoms with E-state index in [4.69, 9.17) is 5.26 Å². The van der Waals surface area contributed by atoms with Crippen LogP contribution >= 0.6 is 0 Å². The van der Waals surface area contributed by atoms with Gasteiger partial charge in [-0.05, 0) is 19.1 Å². The molecule has 2 rings (SSSR count). The van der Waals surface area contributed by atoms with Crippen LogP contribution in [0.15, 0.2) is 24.4 Å². The third-order valence-corrected chi connectivity index (χ3v) is 2.13. The molecule has 4 nitrogen and oxygen atoms in total. The second kappa shape index (κ2) is 3.54. The summed E-state index contributed by atoms with van der Waals surface area (Å²) in [4.78, 5) is 15.1. The Balaban J connectivity index is 2.66. The van der Waals surface area contributed by atoms with Crippen LogP contribution in [0.5, 0.6) is 0 Å². The highest BCUT2D eigenvalue weighted by atomic mass is 16.1. The van der Waals surface area contributed by atoms with Gasteiger partial charge in [-0.3, -0.25) is 4.79 Å². The molecule has 0 radical (unpaired) electrons. The summed E-state index contributed by atoms with van der Waals surface area (Å²) >= 11 is 0. The monoisotopic (exact) mass is 199 g/mol. The van der Waals surface area contributed by atoms with E-state index in [-0.39, 0.29) is 12.2 Å². The largest absolute Gasteiger partial charge is 0.302 e. The Hall–Kier alpha value is -2.15. The smallest absolute Gasteiger partial charge is 0.166 e. The minimum Gasteiger partial charge on any atom is -0.302 e. The van der Waals surface area contributed by atoms with Gasteiger partial charge in [-0.15, -0.1) is 0 Å². The Morgan fingerprint density at radius 2 is 2.40 bits per heavy atom. The number of hydrogen-bond donors (Lipinski definition) is 0. The molecule has 0 spiro atoms. The van der Waals surface area contributed by atoms with Crippen molar-refractivity contribution in [1.29, 1.82) is 5.26 Å². The van der Waals surface area contributed by atoms with E-state index in [1.165, 1.54) is 6.92 Å². The van der Waals surface area contributed by atoms with Gasteiger partial charge in [0.05, 0.1) is 11.9 Å². The second-order valence-electron chi connectivity index (χ2n) is 3.32. The molecule has 2 heterocycles. The highest BCUT2D eigenvalue weighted by molar-refractivity contribution is 5.78. The number of rotatable bonds is 2. The first-order chi connectivity index (χ1) is 7.22. The fraction of sp³-hybridized carbons (Fsp3) is 0.182. The SMILES string of the molecule is CC(=O)Cc1nc(C#N)c2ccccn12. The van der Waals surface area contributed by atoms with Crippen molar-refractivity contribution in [2.45, 2.75) is 13.3 Å². The van der Waals surface area contributed by atoms with Crippen LogP contribution < -0.4 is 0 Å². The van der Waals surface area contributed by atoms with Gasteiger partial charge in [0, 0.05) is 6.20 Å². The summed E-state index contributed by atoms with van der Waals surface area (Å²) in [5, 5.41) is 8.87. The van der Waals surface area contributed by atoms with E-state index in [9.17, 15) is 4.79 Å². The number of ketones is 1. The van der Waals surface area contributed by atoms with Crippen LogP contribution in [-0.2, 0) is 11.2 Å². The fourth-order valence-corrected chi connectivity index (χ4v) is 1.53. The van der Waals surface area contributed by atoms with Gasteiger partial charge in [0.1, 0.15) is 17.7 Å². The van der Waals surface area contributed by atoms with E-state index < -0.39 is 0 Å². The van der Waals surface area contributed by atoms with Crippen molar-refractivity contribution in [3.05, 3.63) is 35.9 Å². The lowest BCUT2D eigenvalue weighted by atomic mass is 10.3. The third kappa shape index (κ3) is 1.59. The molecule has 0 fully saturated rings. The fourth-order valence-electron chi connectivity index (χ4n) is 1.53. The maximum absolute atomic E-state index is 11.0. The molecule has 2 aromatic rings. The van der Waals surface area contributed by atoms with Crippen LogP contribution in [0.25, 0.3) is 5.52 Å². The summed E-state index contributed by atoms with van der Waals surface area (Å²) in [5.74, 6) is 0.657. The van der Waals surface area contributed by atoms with E-state index in [1.807, 2.05) is 24.3 Å². The number of aromatic nitrogens is 2. The van der Waals surface area contributed by atoms with Crippen LogP contribution in [-0.4, -0.2) is 15.2 Å². The zero-order chi connectivity index (χ0) is 10.8. The van der Waals surface area contributed by atoms with Gasteiger partial charge < -0.3 is 4.40 Å². The van der Waals surface area contributed by atoms with E-state index >= 15 is 0 Å². The molecule has 0 saturated heterocycles. The Labute approximate surface area is 86.8 Å². The molecular weight excluding hydrogens is 190 g/mol. The van der Waals surface area contributed by atoms with E-state index in [2.05, 4.69) is 4.98 Å². The van der Waals surface area contributed by atoms with Crippen LogP contribution in [0, 0.1) is 11.3 Å². The Kier molecular flexibility index (Phi) is 2.22. The maximum Gasteiger partial charge on any atom is 0.166 e. The summed E-state index contributed by atoms with van der Waals surface area (Å²) in [6.07, 6.45) is 2.06. The lowest BCUT2D eigenvalue weighted by molar-refractivity contribution is -0.116. The number of fused-ring (bicyclic) bond motifs is 1. The minimum absolute atomic E-state index is 0.0373. The predicted octanol–water partition coefficient (Wildman–Crippen LogP) is 1.34. The first kappa shape index (κ1) is 9.41. The number of carbonyl (C=O) groups is 1. The van der Waals surface area contributed by atoms with Crippen LogP contribution in [0.1, 0.15) is 18.4 Å². The number of pyridine rings is 1. The average Bonchev–Trinajstić information content (AvgIpc) is 2.56. The van der Waals surface area contributed by atoms with Gasteiger partial charge >= 0.3 is 0 Å². The van der Waals surface area contributed by atoms with E-state index in [0.29, 0.717) is 11.5 Å². The summed E-state index contributed by atoms with van der Waals surface area (Å²) in [5.41, 5.74) is 1.11. The predicted molar refractivity (Wildman–Crippen MR) is 54.3 cm³/mol.